The quantitative estimate of drug-likeness (QED) is 0.540. The van der Waals surface area contributed by atoms with Crippen LogP contribution in [-0.4, -0.2) is 35.7 Å². The molecular weight excluding hydrogens is 348 g/mol. The average Bonchev–Trinajstić information content (AvgIpc) is 2.97. The van der Waals surface area contributed by atoms with Crippen LogP contribution in [0.15, 0.2) is 47.4 Å². The van der Waals surface area contributed by atoms with Crippen molar-refractivity contribution in [1.29, 1.82) is 0 Å². The van der Waals surface area contributed by atoms with E-state index >= 15 is 0 Å². The Balaban J connectivity index is 1.95. The summed E-state index contributed by atoms with van der Waals surface area (Å²) in [4.78, 5) is 22.8. The first-order valence-corrected chi connectivity index (χ1v) is 8.89. The minimum Gasteiger partial charge on any atom is -0.321 e. The van der Waals surface area contributed by atoms with Gasteiger partial charge in [0.15, 0.2) is 15.5 Å². The number of nitrogens with zero attached hydrogens (tertiary/aromatic N) is 2. The molecule has 0 aliphatic heterocycles. The molecule has 0 spiro atoms. The van der Waals surface area contributed by atoms with Crippen molar-refractivity contribution in [1.82, 2.24) is 10.2 Å². The lowest BCUT2D eigenvalue weighted by Gasteiger charge is -2.05. The van der Waals surface area contributed by atoms with Crippen LogP contribution in [0.2, 0.25) is 0 Å². The van der Waals surface area contributed by atoms with Crippen molar-refractivity contribution in [3.63, 3.8) is 0 Å². The Labute approximate surface area is 141 Å². The molecule has 0 radical (unpaired) electrons. The second kappa shape index (κ2) is 5.98. The van der Waals surface area contributed by atoms with Crippen LogP contribution >= 0.6 is 0 Å². The SMILES string of the molecule is CS(=O)(=O)c1cccc(NC(=O)c2n[nH]c3ccc([N+](=O)[O-])cc23)c1. The largest absolute Gasteiger partial charge is 0.321 e. The number of fused-ring (bicyclic) bond motifs is 1. The highest BCUT2D eigenvalue weighted by Gasteiger charge is 2.18. The Hall–Kier alpha value is -3.27. The molecule has 1 aromatic heterocycles. The molecule has 3 rings (SSSR count). The van der Waals surface area contributed by atoms with E-state index in [1.54, 1.807) is 0 Å². The maximum atomic E-state index is 12.4. The fourth-order valence-corrected chi connectivity index (χ4v) is 2.95. The predicted molar refractivity (Wildman–Crippen MR) is 90.3 cm³/mol. The zero-order chi connectivity index (χ0) is 18.2. The van der Waals surface area contributed by atoms with E-state index in [2.05, 4.69) is 15.5 Å². The van der Waals surface area contributed by atoms with Gasteiger partial charge >= 0.3 is 0 Å². The van der Waals surface area contributed by atoms with Crippen LogP contribution < -0.4 is 5.32 Å². The summed E-state index contributed by atoms with van der Waals surface area (Å²) < 4.78 is 23.2. The first kappa shape index (κ1) is 16.6. The fourth-order valence-electron chi connectivity index (χ4n) is 2.28. The van der Waals surface area contributed by atoms with Gasteiger partial charge in [-0.2, -0.15) is 5.10 Å². The van der Waals surface area contributed by atoms with Gasteiger partial charge in [0.05, 0.1) is 15.3 Å². The molecule has 3 aromatic rings. The molecular formula is C15H12N4O5S. The third kappa shape index (κ3) is 3.33. The molecule has 0 unspecified atom stereocenters. The first-order valence-electron chi connectivity index (χ1n) is 7.00. The van der Waals surface area contributed by atoms with E-state index in [1.807, 2.05) is 0 Å². The number of non-ortho nitro benzene ring substituents is 1. The van der Waals surface area contributed by atoms with Gasteiger partial charge in [-0.05, 0) is 24.3 Å². The number of H-pyrrole nitrogens is 1. The van der Waals surface area contributed by atoms with Crippen LogP contribution in [-0.2, 0) is 9.84 Å². The normalized spacial score (nSPS) is 11.4. The van der Waals surface area contributed by atoms with Crippen molar-refractivity contribution in [2.75, 3.05) is 11.6 Å². The van der Waals surface area contributed by atoms with E-state index in [9.17, 15) is 23.3 Å². The standard InChI is InChI=1S/C15H12N4O5S/c1-25(23,24)11-4-2-3-9(7-11)16-15(20)14-12-8-10(19(21)22)5-6-13(12)17-18-14/h2-8H,1H3,(H,16,20)(H,17,18). The van der Waals surface area contributed by atoms with Gasteiger partial charge in [0, 0.05) is 29.5 Å². The second-order valence-electron chi connectivity index (χ2n) is 5.31. The first-order chi connectivity index (χ1) is 11.8. The molecule has 2 N–H and O–H groups in total. The number of hydrogen-bond donors (Lipinski definition) is 2. The summed E-state index contributed by atoms with van der Waals surface area (Å²) >= 11 is 0. The molecule has 9 nitrogen and oxygen atoms in total. The van der Waals surface area contributed by atoms with Gasteiger partial charge in [0.25, 0.3) is 11.6 Å². The topological polar surface area (TPSA) is 135 Å². The molecule has 0 aliphatic carbocycles. The van der Waals surface area contributed by atoms with Crippen molar-refractivity contribution in [3.05, 3.63) is 58.3 Å². The molecule has 1 amide bonds. The van der Waals surface area contributed by atoms with E-state index < -0.39 is 20.7 Å². The van der Waals surface area contributed by atoms with Gasteiger partial charge in [-0.15, -0.1) is 0 Å². The smallest absolute Gasteiger partial charge is 0.276 e. The summed E-state index contributed by atoms with van der Waals surface area (Å²) in [6.07, 6.45) is 1.06. The van der Waals surface area contributed by atoms with Gasteiger partial charge in [-0.25, -0.2) is 8.42 Å². The Morgan fingerprint density at radius 3 is 2.68 bits per heavy atom. The van der Waals surface area contributed by atoms with Crippen LogP contribution in [0.25, 0.3) is 10.9 Å². The predicted octanol–water partition coefficient (Wildman–Crippen LogP) is 2.13. The number of benzene rings is 2. The fraction of sp³-hybridized carbons (Fsp3) is 0.0667. The third-order valence-corrected chi connectivity index (χ3v) is 4.60. The Morgan fingerprint density at radius 1 is 1.24 bits per heavy atom. The number of nitro benzene ring substituents is 1. The molecule has 25 heavy (non-hydrogen) atoms. The number of carbonyl (C=O) groups is 1. The van der Waals surface area contributed by atoms with Gasteiger partial charge in [0.1, 0.15) is 0 Å². The van der Waals surface area contributed by atoms with E-state index in [1.165, 1.54) is 42.5 Å². The highest BCUT2D eigenvalue weighted by molar-refractivity contribution is 7.90. The lowest BCUT2D eigenvalue weighted by Crippen LogP contribution is -2.13. The molecule has 0 saturated carbocycles. The van der Waals surface area contributed by atoms with E-state index in [4.69, 9.17) is 0 Å². The van der Waals surface area contributed by atoms with Gasteiger partial charge in [0.2, 0.25) is 0 Å². The molecule has 10 heteroatoms. The van der Waals surface area contributed by atoms with Gasteiger partial charge < -0.3 is 5.32 Å². The lowest BCUT2D eigenvalue weighted by molar-refractivity contribution is -0.384. The van der Waals surface area contributed by atoms with Crippen molar-refractivity contribution in [2.45, 2.75) is 4.90 Å². The van der Waals surface area contributed by atoms with Crippen molar-refractivity contribution in [2.24, 2.45) is 0 Å². The number of nitrogens with one attached hydrogen (secondary N) is 2. The van der Waals surface area contributed by atoms with Crippen molar-refractivity contribution >= 4 is 38.0 Å². The molecule has 0 atom stereocenters. The van der Waals surface area contributed by atoms with Crippen molar-refractivity contribution < 1.29 is 18.1 Å². The maximum Gasteiger partial charge on any atom is 0.276 e. The molecule has 2 aromatic carbocycles. The lowest BCUT2D eigenvalue weighted by atomic mass is 10.2. The zero-order valence-corrected chi connectivity index (χ0v) is 13.7. The Bertz CT molecular complexity index is 1100. The van der Waals surface area contributed by atoms with E-state index in [0.29, 0.717) is 10.9 Å². The number of aromatic amines is 1. The van der Waals surface area contributed by atoms with Crippen LogP contribution in [0.1, 0.15) is 10.5 Å². The third-order valence-electron chi connectivity index (χ3n) is 3.49. The Morgan fingerprint density at radius 2 is 2.00 bits per heavy atom. The summed E-state index contributed by atoms with van der Waals surface area (Å²) in [5, 5.41) is 20.2. The molecule has 0 aliphatic rings. The van der Waals surface area contributed by atoms with Gasteiger partial charge in [-0.3, -0.25) is 20.0 Å². The number of carbonyl (C=O) groups excluding carboxylic acids is 1. The zero-order valence-electron chi connectivity index (χ0n) is 12.9. The highest BCUT2D eigenvalue weighted by atomic mass is 32.2. The summed E-state index contributed by atoms with van der Waals surface area (Å²) in [7, 11) is -3.41. The number of rotatable bonds is 4. The summed E-state index contributed by atoms with van der Waals surface area (Å²) in [6, 6.07) is 9.78. The van der Waals surface area contributed by atoms with Crippen LogP contribution in [0.5, 0.6) is 0 Å². The second-order valence-corrected chi connectivity index (χ2v) is 7.33. The molecule has 1 heterocycles. The van der Waals surface area contributed by atoms with Crippen molar-refractivity contribution in [3.8, 4) is 0 Å². The summed E-state index contributed by atoms with van der Waals surface area (Å²) in [5.74, 6) is -0.614. The van der Waals surface area contributed by atoms with Crippen LogP contribution in [0.3, 0.4) is 0 Å². The highest BCUT2D eigenvalue weighted by Crippen LogP contribution is 2.23. The Kier molecular flexibility index (Phi) is 3.97. The minimum absolute atomic E-state index is 0.0246. The average molecular weight is 360 g/mol. The number of nitro groups is 1. The monoisotopic (exact) mass is 360 g/mol. The number of anilines is 1. The van der Waals surface area contributed by atoms with E-state index in [-0.39, 0.29) is 22.0 Å². The number of amides is 1. The molecule has 0 fully saturated rings. The van der Waals surface area contributed by atoms with Crippen LogP contribution in [0.4, 0.5) is 11.4 Å². The number of sulfone groups is 1. The molecule has 128 valence electrons. The van der Waals surface area contributed by atoms with Crippen LogP contribution in [0, 0.1) is 10.1 Å². The summed E-state index contributed by atoms with van der Waals surface area (Å²) in [6.45, 7) is 0. The number of hydrogen-bond acceptors (Lipinski definition) is 6. The van der Waals surface area contributed by atoms with E-state index in [0.717, 1.165) is 6.26 Å². The van der Waals surface area contributed by atoms with Gasteiger partial charge in [-0.1, -0.05) is 6.07 Å². The number of aromatic nitrogens is 2. The maximum absolute atomic E-state index is 12.4. The molecule has 0 saturated heterocycles. The minimum atomic E-state index is -3.41. The summed E-state index contributed by atoms with van der Waals surface area (Å²) in [5.41, 5.74) is 0.556. The molecule has 0 bridgehead atoms.